The van der Waals surface area contributed by atoms with Crippen molar-refractivity contribution in [3.63, 3.8) is 0 Å². The quantitative estimate of drug-likeness (QED) is 0.617. The van der Waals surface area contributed by atoms with E-state index in [9.17, 15) is 17.6 Å². The van der Waals surface area contributed by atoms with Gasteiger partial charge in [-0.1, -0.05) is 18.1 Å². The van der Waals surface area contributed by atoms with Gasteiger partial charge in [0.1, 0.15) is 5.82 Å². The molecule has 20 heavy (non-hydrogen) atoms. The van der Waals surface area contributed by atoms with Crippen molar-refractivity contribution in [3.05, 3.63) is 46.8 Å². The van der Waals surface area contributed by atoms with Gasteiger partial charge in [-0.05, 0) is 43.9 Å². The summed E-state index contributed by atoms with van der Waals surface area (Å²) in [6.07, 6.45) is 2.08. The molecule has 1 aromatic rings. The van der Waals surface area contributed by atoms with Crippen molar-refractivity contribution in [1.29, 1.82) is 0 Å². The van der Waals surface area contributed by atoms with Gasteiger partial charge >= 0.3 is 6.18 Å². The summed E-state index contributed by atoms with van der Waals surface area (Å²) >= 11 is 0. The van der Waals surface area contributed by atoms with E-state index < -0.39 is 23.6 Å². The Morgan fingerprint density at radius 2 is 1.85 bits per heavy atom. The number of benzene rings is 1. The molecule has 0 saturated heterocycles. The lowest BCUT2D eigenvalue weighted by Gasteiger charge is -2.18. The number of hydrogen-bond donors (Lipinski definition) is 1. The van der Waals surface area contributed by atoms with Crippen LogP contribution in [0.1, 0.15) is 49.3 Å². The minimum atomic E-state index is -4.49. The predicted octanol–water partition coefficient (Wildman–Crippen LogP) is 4.73. The van der Waals surface area contributed by atoms with Crippen LogP contribution in [0.3, 0.4) is 0 Å². The molecule has 1 aliphatic rings. The fourth-order valence-electron chi connectivity index (χ4n) is 2.48. The maximum atomic E-state index is 13.8. The first kappa shape index (κ1) is 15.0. The zero-order chi connectivity index (χ0) is 14.8. The fraction of sp³-hybridized carbons (Fsp3) is 0.467. The molecule has 0 fully saturated rings. The van der Waals surface area contributed by atoms with E-state index >= 15 is 0 Å². The lowest BCUT2D eigenvalue weighted by molar-refractivity contribution is -0.137. The van der Waals surface area contributed by atoms with E-state index in [4.69, 9.17) is 5.73 Å². The van der Waals surface area contributed by atoms with Crippen LogP contribution in [0.5, 0.6) is 0 Å². The van der Waals surface area contributed by atoms with E-state index in [2.05, 4.69) is 0 Å². The Morgan fingerprint density at radius 1 is 1.10 bits per heavy atom. The molecule has 110 valence electrons. The molecule has 0 bridgehead atoms. The largest absolute Gasteiger partial charge is 0.416 e. The fourth-order valence-corrected chi connectivity index (χ4v) is 2.48. The Hall–Kier alpha value is -1.36. The van der Waals surface area contributed by atoms with E-state index in [1.54, 1.807) is 0 Å². The van der Waals surface area contributed by atoms with Crippen LogP contribution in [0.25, 0.3) is 0 Å². The number of rotatable bonds is 2. The number of allylic oxidation sites excluding steroid dienone is 1. The molecule has 0 spiro atoms. The molecule has 0 heterocycles. The molecule has 1 aromatic carbocycles. The van der Waals surface area contributed by atoms with Gasteiger partial charge in [-0.15, -0.1) is 0 Å². The zero-order valence-electron chi connectivity index (χ0n) is 11.0. The molecular formula is C15H17F4N. The second-order valence-electron chi connectivity index (χ2n) is 5.09. The molecule has 2 N–H and O–H groups in total. The van der Waals surface area contributed by atoms with Crippen molar-refractivity contribution in [1.82, 2.24) is 0 Å². The van der Waals surface area contributed by atoms with Crippen LogP contribution in [-0.2, 0) is 6.18 Å². The van der Waals surface area contributed by atoms with Crippen LogP contribution >= 0.6 is 0 Å². The molecule has 2 rings (SSSR count). The minimum absolute atomic E-state index is 0.0759. The highest BCUT2D eigenvalue weighted by Gasteiger charge is 2.32. The van der Waals surface area contributed by atoms with E-state index in [0.29, 0.717) is 0 Å². The summed E-state index contributed by atoms with van der Waals surface area (Å²) in [6.45, 7) is 0. The van der Waals surface area contributed by atoms with Crippen molar-refractivity contribution < 1.29 is 17.6 Å². The Bertz CT molecular complexity index is 505. The second-order valence-corrected chi connectivity index (χ2v) is 5.09. The van der Waals surface area contributed by atoms with Crippen molar-refractivity contribution in [2.24, 2.45) is 5.73 Å². The van der Waals surface area contributed by atoms with Gasteiger partial charge in [0, 0.05) is 5.56 Å². The van der Waals surface area contributed by atoms with Crippen LogP contribution < -0.4 is 5.73 Å². The third kappa shape index (κ3) is 3.39. The SMILES string of the molecule is NC(C1=CCCCCC1)c1cc(C(F)(F)F)ccc1F. The Morgan fingerprint density at radius 3 is 2.55 bits per heavy atom. The Balaban J connectivity index is 2.33. The first-order chi connectivity index (χ1) is 9.39. The molecule has 5 heteroatoms. The summed E-state index contributed by atoms with van der Waals surface area (Å²) in [4.78, 5) is 0. The van der Waals surface area contributed by atoms with Crippen molar-refractivity contribution >= 4 is 0 Å². The number of hydrogen-bond acceptors (Lipinski definition) is 1. The average molecular weight is 287 g/mol. The van der Waals surface area contributed by atoms with Crippen LogP contribution in [-0.4, -0.2) is 0 Å². The number of nitrogens with two attached hydrogens (primary N) is 1. The minimum Gasteiger partial charge on any atom is -0.320 e. The summed E-state index contributed by atoms with van der Waals surface area (Å²) in [5.74, 6) is -0.685. The van der Waals surface area contributed by atoms with E-state index in [-0.39, 0.29) is 5.56 Å². The molecule has 1 nitrogen and oxygen atoms in total. The summed E-state index contributed by atoms with van der Waals surface area (Å²) in [5, 5.41) is 0. The zero-order valence-corrected chi connectivity index (χ0v) is 11.0. The van der Waals surface area contributed by atoms with Crippen LogP contribution in [0.15, 0.2) is 29.8 Å². The van der Waals surface area contributed by atoms with Gasteiger partial charge in [-0.2, -0.15) is 13.2 Å². The van der Waals surface area contributed by atoms with Crippen LogP contribution in [0, 0.1) is 5.82 Å². The van der Waals surface area contributed by atoms with Gasteiger partial charge in [-0.3, -0.25) is 0 Å². The normalized spacial score (nSPS) is 18.4. The van der Waals surface area contributed by atoms with Gasteiger partial charge in [0.15, 0.2) is 0 Å². The predicted molar refractivity (Wildman–Crippen MR) is 69.5 cm³/mol. The monoisotopic (exact) mass is 287 g/mol. The number of alkyl halides is 3. The summed E-state index contributed by atoms with van der Waals surface area (Å²) in [6, 6.07) is 1.61. The number of halogens is 4. The highest BCUT2D eigenvalue weighted by atomic mass is 19.4. The van der Waals surface area contributed by atoms with E-state index in [1.165, 1.54) is 0 Å². The summed E-state index contributed by atoms with van der Waals surface area (Å²) in [5.41, 5.74) is 5.87. The second kappa shape index (κ2) is 5.95. The highest BCUT2D eigenvalue weighted by Crippen LogP contribution is 2.34. The van der Waals surface area contributed by atoms with E-state index in [1.807, 2.05) is 6.08 Å². The third-order valence-corrected chi connectivity index (χ3v) is 3.63. The molecule has 1 aliphatic carbocycles. The van der Waals surface area contributed by atoms with Crippen molar-refractivity contribution in [3.8, 4) is 0 Å². The van der Waals surface area contributed by atoms with Gasteiger partial charge in [0.25, 0.3) is 0 Å². The smallest absolute Gasteiger partial charge is 0.320 e. The summed E-state index contributed by atoms with van der Waals surface area (Å²) < 4.78 is 51.9. The molecule has 1 atom stereocenters. The van der Waals surface area contributed by atoms with Gasteiger partial charge < -0.3 is 5.73 Å². The van der Waals surface area contributed by atoms with Gasteiger partial charge in [-0.25, -0.2) is 4.39 Å². The first-order valence-corrected chi connectivity index (χ1v) is 6.71. The molecule has 1 unspecified atom stereocenters. The Labute approximate surface area is 115 Å². The highest BCUT2D eigenvalue weighted by molar-refractivity contribution is 5.34. The molecule has 0 aromatic heterocycles. The molecule has 0 radical (unpaired) electrons. The van der Waals surface area contributed by atoms with Crippen molar-refractivity contribution in [2.75, 3.05) is 0 Å². The van der Waals surface area contributed by atoms with Gasteiger partial charge in [0.05, 0.1) is 11.6 Å². The van der Waals surface area contributed by atoms with Crippen molar-refractivity contribution in [2.45, 2.75) is 44.3 Å². The average Bonchev–Trinajstić information content (AvgIpc) is 2.66. The van der Waals surface area contributed by atoms with E-state index in [0.717, 1.165) is 55.9 Å². The standard InChI is InChI=1S/C15H17F4N/c16-13-8-7-11(15(17,18)19)9-12(13)14(20)10-5-3-1-2-4-6-10/h5,7-9,14H,1-4,6,20H2. The van der Waals surface area contributed by atoms with Crippen LogP contribution in [0.4, 0.5) is 17.6 Å². The topological polar surface area (TPSA) is 26.0 Å². The summed E-state index contributed by atoms with van der Waals surface area (Å²) in [7, 11) is 0. The molecule has 0 amide bonds. The lowest BCUT2D eigenvalue weighted by atomic mass is 9.94. The molecule has 0 saturated carbocycles. The third-order valence-electron chi connectivity index (χ3n) is 3.63. The molecular weight excluding hydrogens is 270 g/mol. The molecule has 0 aliphatic heterocycles. The first-order valence-electron chi connectivity index (χ1n) is 6.71. The Kier molecular flexibility index (Phi) is 4.48. The maximum absolute atomic E-state index is 13.8. The maximum Gasteiger partial charge on any atom is 0.416 e. The van der Waals surface area contributed by atoms with Crippen LogP contribution in [0.2, 0.25) is 0 Å². The van der Waals surface area contributed by atoms with Gasteiger partial charge in [0.2, 0.25) is 0 Å². The lowest BCUT2D eigenvalue weighted by Crippen LogP contribution is -2.16.